The molecule has 1 aromatic rings. The van der Waals surface area contributed by atoms with Gasteiger partial charge in [-0.3, -0.25) is 9.89 Å². The summed E-state index contributed by atoms with van der Waals surface area (Å²) in [5.74, 6) is 0.987. The minimum absolute atomic E-state index is 0. The summed E-state index contributed by atoms with van der Waals surface area (Å²) in [6.07, 6.45) is 4.70. The average Bonchev–Trinajstić information content (AvgIpc) is 2.70. The Balaban J connectivity index is 0.00000420. The van der Waals surface area contributed by atoms with Crippen molar-refractivity contribution < 1.29 is 0 Å². The van der Waals surface area contributed by atoms with Gasteiger partial charge in [-0.05, 0) is 65.6 Å². The second kappa shape index (κ2) is 15.0. The summed E-state index contributed by atoms with van der Waals surface area (Å²) in [7, 11) is 2.20. The summed E-state index contributed by atoms with van der Waals surface area (Å²) in [6.45, 7) is 12.9. The number of unbranched alkanes of at least 4 members (excludes halogenated alkanes) is 1. The fourth-order valence-corrected chi connectivity index (χ4v) is 3.51. The number of hydrogen-bond donors (Lipinski definition) is 2. The third-order valence-corrected chi connectivity index (χ3v) is 5.59. The highest BCUT2D eigenvalue weighted by Crippen LogP contribution is 2.13. The number of piperidine rings is 1. The lowest BCUT2D eigenvalue weighted by Gasteiger charge is -2.33. The maximum atomic E-state index is 4.80. The summed E-state index contributed by atoms with van der Waals surface area (Å²) in [4.78, 5) is 9.76. The molecular weight excluding hydrogens is 473 g/mol. The monoisotopic (exact) mass is 515 g/mol. The van der Waals surface area contributed by atoms with Gasteiger partial charge >= 0.3 is 0 Å². The zero-order valence-corrected chi connectivity index (χ0v) is 21.2. The second-order valence-corrected chi connectivity index (χ2v) is 8.22. The van der Waals surface area contributed by atoms with E-state index >= 15 is 0 Å². The van der Waals surface area contributed by atoms with Crippen LogP contribution in [0, 0.1) is 0 Å². The maximum Gasteiger partial charge on any atom is 0.191 e. The Kier molecular flexibility index (Phi) is 13.6. The average molecular weight is 516 g/mol. The number of rotatable bonds is 10. The molecule has 166 valence electrons. The molecule has 1 fully saturated rings. The molecule has 5 nitrogen and oxygen atoms in total. The van der Waals surface area contributed by atoms with Crippen molar-refractivity contribution in [2.45, 2.75) is 65.1 Å². The van der Waals surface area contributed by atoms with Gasteiger partial charge in [0.05, 0.1) is 0 Å². The van der Waals surface area contributed by atoms with E-state index in [4.69, 9.17) is 4.99 Å². The minimum atomic E-state index is 0. The molecule has 0 spiro atoms. The largest absolute Gasteiger partial charge is 0.357 e. The predicted octanol–water partition coefficient (Wildman–Crippen LogP) is 3.94. The molecule has 6 heteroatoms. The van der Waals surface area contributed by atoms with Crippen molar-refractivity contribution in [3.05, 3.63) is 35.9 Å². The van der Waals surface area contributed by atoms with Gasteiger partial charge in [0.2, 0.25) is 0 Å². The first-order valence-corrected chi connectivity index (χ1v) is 11.1. The maximum absolute atomic E-state index is 4.80. The SMILES string of the molecule is CCNC(=NCCCCN(C)C(C)C)NC1CCN(Cc2ccccc2)CC1.I. The Morgan fingerprint density at radius 3 is 2.48 bits per heavy atom. The first-order chi connectivity index (χ1) is 13.6. The Hall–Kier alpha value is -0.860. The van der Waals surface area contributed by atoms with Crippen molar-refractivity contribution in [1.82, 2.24) is 20.4 Å². The van der Waals surface area contributed by atoms with Crippen LogP contribution in [0.15, 0.2) is 35.3 Å². The normalized spacial score (nSPS) is 16.1. The van der Waals surface area contributed by atoms with Crippen LogP contribution in [0.3, 0.4) is 0 Å². The van der Waals surface area contributed by atoms with Crippen molar-refractivity contribution in [1.29, 1.82) is 0 Å². The molecule has 0 bridgehead atoms. The van der Waals surface area contributed by atoms with Crippen molar-refractivity contribution in [2.24, 2.45) is 4.99 Å². The molecule has 0 amide bonds. The highest BCUT2D eigenvalue weighted by Gasteiger charge is 2.19. The van der Waals surface area contributed by atoms with Gasteiger partial charge in [0, 0.05) is 44.8 Å². The number of nitrogens with zero attached hydrogens (tertiary/aromatic N) is 3. The predicted molar refractivity (Wildman–Crippen MR) is 136 cm³/mol. The minimum Gasteiger partial charge on any atom is -0.357 e. The standard InChI is InChI=1S/C23H41N5.HI/c1-5-24-23(25-15-9-10-16-27(4)20(2)3)26-22-13-17-28(18-14-22)19-21-11-7-6-8-12-21;/h6-8,11-12,20,22H,5,9-10,13-19H2,1-4H3,(H2,24,25,26);1H. The van der Waals surface area contributed by atoms with E-state index in [0.29, 0.717) is 12.1 Å². The summed E-state index contributed by atoms with van der Waals surface area (Å²) >= 11 is 0. The third kappa shape index (κ3) is 10.6. The van der Waals surface area contributed by atoms with Crippen LogP contribution in [0.2, 0.25) is 0 Å². The molecule has 1 aromatic carbocycles. The second-order valence-electron chi connectivity index (χ2n) is 8.22. The van der Waals surface area contributed by atoms with E-state index in [2.05, 4.69) is 78.6 Å². The van der Waals surface area contributed by atoms with Crippen LogP contribution in [0.4, 0.5) is 0 Å². The van der Waals surface area contributed by atoms with Gasteiger partial charge in [-0.25, -0.2) is 0 Å². The van der Waals surface area contributed by atoms with E-state index < -0.39 is 0 Å². The first-order valence-electron chi connectivity index (χ1n) is 11.1. The van der Waals surface area contributed by atoms with Gasteiger partial charge in [-0.1, -0.05) is 30.3 Å². The Labute approximate surface area is 195 Å². The fraction of sp³-hybridized carbons (Fsp3) is 0.696. The van der Waals surface area contributed by atoms with Crippen LogP contribution < -0.4 is 10.6 Å². The molecule has 2 rings (SSSR count). The number of halogens is 1. The van der Waals surface area contributed by atoms with E-state index in [1.807, 2.05) is 0 Å². The molecule has 1 heterocycles. The lowest BCUT2D eigenvalue weighted by atomic mass is 10.0. The molecule has 0 radical (unpaired) electrons. The van der Waals surface area contributed by atoms with E-state index in [1.54, 1.807) is 0 Å². The quantitative estimate of drug-likeness (QED) is 0.215. The summed E-state index contributed by atoms with van der Waals surface area (Å²) in [6, 6.07) is 11.9. The summed E-state index contributed by atoms with van der Waals surface area (Å²) < 4.78 is 0. The van der Waals surface area contributed by atoms with Crippen LogP contribution in [0.25, 0.3) is 0 Å². The number of aliphatic imine (C=N–C) groups is 1. The Bertz CT molecular complexity index is 556. The molecule has 0 aromatic heterocycles. The smallest absolute Gasteiger partial charge is 0.191 e. The topological polar surface area (TPSA) is 42.9 Å². The van der Waals surface area contributed by atoms with Gasteiger partial charge in [0.25, 0.3) is 0 Å². The van der Waals surface area contributed by atoms with Crippen molar-refractivity contribution in [2.75, 3.05) is 39.8 Å². The highest BCUT2D eigenvalue weighted by atomic mass is 127. The molecule has 29 heavy (non-hydrogen) atoms. The molecule has 0 saturated carbocycles. The van der Waals surface area contributed by atoms with E-state index in [1.165, 1.54) is 24.8 Å². The van der Waals surface area contributed by atoms with E-state index in [-0.39, 0.29) is 24.0 Å². The molecule has 0 atom stereocenters. The zero-order chi connectivity index (χ0) is 20.2. The van der Waals surface area contributed by atoms with Crippen LogP contribution in [0.5, 0.6) is 0 Å². The van der Waals surface area contributed by atoms with Gasteiger partial charge in [-0.2, -0.15) is 0 Å². The molecule has 0 aliphatic carbocycles. The van der Waals surface area contributed by atoms with Crippen molar-refractivity contribution in [3.8, 4) is 0 Å². The number of guanidine groups is 1. The van der Waals surface area contributed by atoms with Gasteiger partial charge in [0.15, 0.2) is 5.96 Å². The zero-order valence-electron chi connectivity index (χ0n) is 18.9. The van der Waals surface area contributed by atoms with Crippen LogP contribution in [-0.2, 0) is 6.54 Å². The lowest BCUT2D eigenvalue weighted by molar-refractivity contribution is 0.198. The highest BCUT2D eigenvalue weighted by molar-refractivity contribution is 14.0. The first kappa shape index (κ1) is 26.2. The van der Waals surface area contributed by atoms with E-state index in [9.17, 15) is 0 Å². The van der Waals surface area contributed by atoms with E-state index in [0.717, 1.165) is 51.6 Å². The van der Waals surface area contributed by atoms with Crippen molar-refractivity contribution >= 4 is 29.9 Å². The van der Waals surface area contributed by atoms with Gasteiger partial charge < -0.3 is 15.5 Å². The number of likely N-dealkylation sites (tertiary alicyclic amines) is 1. The number of hydrogen-bond acceptors (Lipinski definition) is 3. The van der Waals surface area contributed by atoms with Gasteiger partial charge in [0.1, 0.15) is 0 Å². The lowest BCUT2D eigenvalue weighted by Crippen LogP contribution is -2.48. The Morgan fingerprint density at radius 2 is 1.86 bits per heavy atom. The van der Waals surface area contributed by atoms with Crippen LogP contribution in [0.1, 0.15) is 52.0 Å². The molecule has 1 aliphatic heterocycles. The third-order valence-electron chi connectivity index (χ3n) is 5.59. The number of benzene rings is 1. The van der Waals surface area contributed by atoms with Gasteiger partial charge in [-0.15, -0.1) is 24.0 Å². The molecule has 1 saturated heterocycles. The summed E-state index contributed by atoms with van der Waals surface area (Å²) in [5, 5.41) is 7.07. The molecule has 2 N–H and O–H groups in total. The Morgan fingerprint density at radius 1 is 1.17 bits per heavy atom. The molecule has 0 unspecified atom stereocenters. The van der Waals surface area contributed by atoms with Crippen molar-refractivity contribution in [3.63, 3.8) is 0 Å². The van der Waals surface area contributed by atoms with Crippen LogP contribution in [-0.4, -0.2) is 67.6 Å². The van der Waals surface area contributed by atoms with Crippen LogP contribution >= 0.6 is 24.0 Å². The fourth-order valence-electron chi connectivity index (χ4n) is 3.51. The molecule has 1 aliphatic rings. The summed E-state index contributed by atoms with van der Waals surface area (Å²) in [5.41, 5.74) is 1.41. The molecular formula is C23H42IN5. The number of nitrogens with one attached hydrogen (secondary N) is 2.